The fourth-order valence-electron chi connectivity index (χ4n) is 3.00. The molecule has 0 saturated heterocycles. The average Bonchev–Trinajstić information content (AvgIpc) is 2.86. The molecule has 0 bridgehead atoms. The molecule has 0 fully saturated rings. The van der Waals surface area contributed by atoms with E-state index in [4.69, 9.17) is 0 Å². The molecule has 1 atom stereocenters. The number of halogens is 4. The van der Waals surface area contributed by atoms with E-state index < -0.39 is 17.9 Å². The van der Waals surface area contributed by atoms with E-state index in [0.717, 1.165) is 5.56 Å². The molecule has 2 aromatic rings. The SMILES string of the molecule is CC(c1ccc(F)cc1)n1nc(C(F)(F)F)c2c1CN(C)CC2. The van der Waals surface area contributed by atoms with Crippen LogP contribution in [0, 0.1) is 5.82 Å². The monoisotopic (exact) mass is 327 g/mol. The Morgan fingerprint density at radius 2 is 1.83 bits per heavy atom. The number of rotatable bonds is 2. The summed E-state index contributed by atoms with van der Waals surface area (Å²) < 4.78 is 54.3. The molecule has 7 heteroatoms. The van der Waals surface area contributed by atoms with Crippen molar-refractivity contribution in [2.24, 2.45) is 0 Å². The molecule has 1 unspecified atom stereocenters. The zero-order chi connectivity index (χ0) is 16.8. The first-order chi connectivity index (χ1) is 10.8. The Morgan fingerprint density at radius 1 is 1.17 bits per heavy atom. The Bertz CT molecular complexity index is 703. The number of aromatic nitrogens is 2. The minimum Gasteiger partial charge on any atom is -0.300 e. The highest BCUT2D eigenvalue weighted by Gasteiger charge is 2.40. The van der Waals surface area contributed by atoms with Crippen molar-refractivity contribution in [2.75, 3.05) is 13.6 Å². The molecule has 23 heavy (non-hydrogen) atoms. The quantitative estimate of drug-likeness (QED) is 0.785. The van der Waals surface area contributed by atoms with Crippen molar-refractivity contribution in [3.63, 3.8) is 0 Å². The highest BCUT2D eigenvalue weighted by atomic mass is 19.4. The van der Waals surface area contributed by atoms with Gasteiger partial charge in [0.1, 0.15) is 5.82 Å². The summed E-state index contributed by atoms with van der Waals surface area (Å²) >= 11 is 0. The zero-order valence-corrected chi connectivity index (χ0v) is 12.9. The van der Waals surface area contributed by atoms with Crippen LogP contribution in [0.25, 0.3) is 0 Å². The molecule has 0 amide bonds. The van der Waals surface area contributed by atoms with Crippen LogP contribution in [0.3, 0.4) is 0 Å². The van der Waals surface area contributed by atoms with Crippen LogP contribution < -0.4 is 0 Å². The molecule has 0 spiro atoms. The summed E-state index contributed by atoms with van der Waals surface area (Å²) in [6, 6.07) is 5.37. The second-order valence-electron chi connectivity index (χ2n) is 5.93. The van der Waals surface area contributed by atoms with Crippen LogP contribution >= 0.6 is 0 Å². The van der Waals surface area contributed by atoms with Crippen LogP contribution in [-0.4, -0.2) is 28.3 Å². The number of alkyl halides is 3. The molecule has 1 aliphatic heterocycles. The molecule has 124 valence electrons. The standard InChI is InChI=1S/C16H17F4N3/c1-10(11-3-5-12(17)6-4-11)23-14-9-22(2)8-7-13(14)15(21-23)16(18,19)20/h3-6,10H,7-9H2,1-2H3. The van der Waals surface area contributed by atoms with Gasteiger partial charge in [0.15, 0.2) is 5.69 Å². The first-order valence-corrected chi connectivity index (χ1v) is 7.39. The van der Waals surface area contributed by atoms with Crippen LogP contribution in [0.1, 0.15) is 35.5 Å². The van der Waals surface area contributed by atoms with Crippen LogP contribution in [0.5, 0.6) is 0 Å². The third-order valence-electron chi connectivity index (χ3n) is 4.27. The maximum absolute atomic E-state index is 13.3. The van der Waals surface area contributed by atoms with Gasteiger partial charge in [-0.25, -0.2) is 4.39 Å². The van der Waals surface area contributed by atoms with Crippen molar-refractivity contribution in [2.45, 2.75) is 32.1 Å². The number of fused-ring (bicyclic) bond motifs is 1. The van der Waals surface area contributed by atoms with E-state index in [1.807, 2.05) is 11.9 Å². The molecule has 0 saturated carbocycles. The molecule has 3 nitrogen and oxygen atoms in total. The first-order valence-electron chi connectivity index (χ1n) is 7.39. The lowest BCUT2D eigenvalue weighted by Gasteiger charge is -2.25. The Morgan fingerprint density at radius 3 is 2.43 bits per heavy atom. The normalized spacial score (nSPS) is 17.1. The van der Waals surface area contributed by atoms with E-state index in [9.17, 15) is 17.6 Å². The minimum absolute atomic E-state index is 0.282. The van der Waals surface area contributed by atoms with Gasteiger partial charge < -0.3 is 4.90 Å². The number of hydrogen-bond donors (Lipinski definition) is 0. The predicted molar refractivity (Wildman–Crippen MR) is 77.5 cm³/mol. The fraction of sp³-hybridized carbons (Fsp3) is 0.438. The summed E-state index contributed by atoms with van der Waals surface area (Å²) in [5, 5.41) is 3.87. The Hall–Kier alpha value is -1.89. The zero-order valence-electron chi connectivity index (χ0n) is 12.9. The molecular formula is C16H17F4N3. The molecular weight excluding hydrogens is 310 g/mol. The molecule has 1 aromatic carbocycles. The smallest absolute Gasteiger partial charge is 0.300 e. The highest BCUT2D eigenvalue weighted by Crippen LogP contribution is 2.36. The summed E-state index contributed by atoms with van der Waals surface area (Å²) in [4.78, 5) is 1.97. The summed E-state index contributed by atoms with van der Waals surface area (Å²) in [6.45, 7) is 2.77. The molecule has 0 N–H and O–H groups in total. The summed E-state index contributed by atoms with van der Waals surface area (Å²) in [5.74, 6) is -0.376. The van der Waals surface area contributed by atoms with Crippen LogP contribution in [-0.2, 0) is 19.1 Å². The van der Waals surface area contributed by atoms with Crippen molar-refractivity contribution in [1.29, 1.82) is 0 Å². The van der Waals surface area contributed by atoms with E-state index in [0.29, 0.717) is 25.2 Å². The lowest BCUT2D eigenvalue weighted by Crippen LogP contribution is -2.29. The largest absolute Gasteiger partial charge is 0.435 e. The minimum atomic E-state index is -4.46. The van der Waals surface area contributed by atoms with Gasteiger partial charge in [0.2, 0.25) is 0 Å². The molecule has 0 aliphatic carbocycles. The first kappa shape index (κ1) is 16.0. The molecule has 3 rings (SSSR count). The van der Waals surface area contributed by atoms with Crippen LogP contribution in [0.2, 0.25) is 0 Å². The number of benzene rings is 1. The fourth-order valence-corrected chi connectivity index (χ4v) is 3.00. The Balaban J connectivity index is 2.08. The maximum Gasteiger partial charge on any atom is 0.435 e. The highest BCUT2D eigenvalue weighted by molar-refractivity contribution is 5.33. The number of likely N-dealkylation sites (N-methyl/N-ethyl adjacent to an activating group) is 1. The third kappa shape index (κ3) is 2.97. The Kier molecular flexibility index (Phi) is 3.91. The van der Waals surface area contributed by atoms with Crippen molar-refractivity contribution < 1.29 is 17.6 Å². The van der Waals surface area contributed by atoms with Gasteiger partial charge in [0.25, 0.3) is 0 Å². The molecule has 0 radical (unpaired) electrons. The lowest BCUT2D eigenvalue weighted by atomic mass is 10.0. The van der Waals surface area contributed by atoms with E-state index in [2.05, 4.69) is 5.10 Å². The molecule has 1 aliphatic rings. The van der Waals surface area contributed by atoms with Gasteiger partial charge in [-0.1, -0.05) is 12.1 Å². The van der Waals surface area contributed by atoms with Crippen molar-refractivity contribution in [1.82, 2.24) is 14.7 Å². The summed E-state index contributed by atoms with van der Waals surface area (Å²) in [5.41, 5.74) is 0.792. The average molecular weight is 327 g/mol. The van der Waals surface area contributed by atoms with Crippen LogP contribution in [0.4, 0.5) is 17.6 Å². The summed E-state index contributed by atoms with van der Waals surface area (Å²) in [7, 11) is 1.87. The van der Waals surface area contributed by atoms with Crippen LogP contribution in [0.15, 0.2) is 24.3 Å². The van der Waals surface area contributed by atoms with E-state index >= 15 is 0 Å². The third-order valence-corrected chi connectivity index (χ3v) is 4.27. The van der Waals surface area contributed by atoms with Crippen molar-refractivity contribution in [3.05, 3.63) is 52.6 Å². The van der Waals surface area contributed by atoms with E-state index in [-0.39, 0.29) is 11.4 Å². The lowest BCUT2D eigenvalue weighted by molar-refractivity contribution is -0.142. The van der Waals surface area contributed by atoms with Gasteiger partial charge >= 0.3 is 6.18 Å². The second-order valence-corrected chi connectivity index (χ2v) is 5.93. The van der Waals surface area contributed by atoms with Gasteiger partial charge in [0.05, 0.1) is 11.7 Å². The number of nitrogens with zero attached hydrogens (tertiary/aromatic N) is 3. The molecule has 2 heterocycles. The Labute approximate surface area is 131 Å². The second kappa shape index (κ2) is 5.63. The van der Waals surface area contributed by atoms with Gasteiger partial charge in [-0.3, -0.25) is 4.68 Å². The topological polar surface area (TPSA) is 21.1 Å². The van der Waals surface area contributed by atoms with Crippen molar-refractivity contribution in [3.8, 4) is 0 Å². The van der Waals surface area contributed by atoms with E-state index in [1.165, 1.54) is 16.8 Å². The van der Waals surface area contributed by atoms with Gasteiger partial charge in [-0.05, 0) is 38.1 Å². The maximum atomic E-state index is 13.3. The predicted octanol–water partition coefficient (Wildman–Crippen LogP) is 3.64. The van der Waals surface area contributed by atoms with Gasteiger partial charge in [-0.15, -0.1) is 0 Å². The van der Waals surface area contributed by atoms with Gasteiger partial charge in [0, 0.05) is 18.7 Å². The van der Waals surface area contributed by atoms with E-state index in [1.54, 1.807) is 19.1 Å². The van der Waals surface area contributed by atoms with Gasteiger partial charge in [-0.2, -0.15) is 18.3 Å². The van der Waals surface area contributed by atoms with Crippen molar-refractivity contribution >= 4 is 0 Å². The molecule has 1 aromatic heterocycles. The summed E-state index contributed by atoms with van der Waals surface area (Å²) in [6.07, 6.45) is -4.13. The number of hydrogen-bond acceptors (Lipinski definition) is 2.